The van der Waals surface area contributed by atoms with E-state index in [0.29, 0.717) is 16.1 Å². The summed E-state index contributed by atoms with van der Waals surface area (Å²) in [5, 5.41) is 4.15. The summed E-state index contributed by atoms with van der Waals surface area (Å²) in [6, 6.07) is 10.5. The van der Waals surface area contributed by atoms with Gasteiger partial charge in [0.2, 0.25) is 5.82 Å². The van der Waals surface area contributed by atoms with Crippen LogP contribution in [0.1, 0.15) is 34.7 Å². The highest BCUT2D eigenvalue weighted by molar-refractivity contribution is 6.30. The van der Waals surface area contributed by atoms with Crippen LogP contribution in [0.15, 0.2) is 53.1 Å². The molecule has 1 aromatic heterocycles. The van der Waals surface area contributed by atoms with Gasteiger partial charge < -0.3 is 9.26 Å². The predicted octanol–water partition coefficient (Wildman–Crippen LogP) is 5.12. The van der Waals surface area contributed by atoms with Gasteiger partial charge in [0.1, 0.15) is 0 Å². The molecule has 156 valence electrons. The van der Waals surface area contributed by atoms with Crippen molar-refractivity contribution in [2.24, 2.45) is 0 Å². The molecule has 0 atom stereocenters. The van der Waals surface area contributed by atoms with Crippen LogP contribution in [0, 0.1) is 0 Å². The SMILES string of the molecule is O=C(CCC(=O)c1ccc(Cl)cc1)OCc1nc(-c2ccc(C(F)(F)F)cc2)no1. The molecule has 0 spiro atoms. The Bertz CT molecular complexity index is 1030. The zero-order chi connectivity index (χ0) is 21.7. The minimum Gasteiger partial charge on any atom is -0.456 e. The summed E-state index contributed by atoms with van der Waals surface area (Å²) in [5.74, 6) is -0.826. The van der Waals surface area contributed by atoms with Gasteiger partial charge in [-0.1, -0.05) is 28.9 Å². The quantitative estimate of drug-likeness (QED) is 0.376. The number of carbonyl (C=O) groups is 2. The first-order valence-corrected chi connectivity index (χ1v) is 9.05. The first kappa shape index (κ1) is 21.5. The van der Waals surface area contributed by atoms with E-state index in [-0.39, 0.29) is 36.9 Å². The molecule has 0 amide bonds. The molecule has 0 aliphatic heterocycles. The van der Waals surface area contributed by atoms with Crippen molar-refractivity contribution in [3.05, 3.63) is 70.6 Å². The zero-order valence-corrected chi connectivity index (χ0v) is 16.0. The van der Waals surface area contributed by atoms with Gasteiger partial charge >= 0.3 is 12.1 Å². The van der Waals surface area contributed by atoms with Crippen molar-refractivity contribution in [1.82, 2.24) is 10.1 Å². The number of nitrogens with zero attached hydrogens (tertiary/aromatic N) is 2. The van der Waals surface area contributed by atoms with Crippen molar-refractivity contribution in [2.75, 3.05) is 0 Å². The highest BCUT2D eigenvalue weighted by Crippen LogP contribution is 2.30. The maximum Gasteiger partial charge on any atom is 0.416 e. The number of alkyl halides is 3. The van der Waals surface area contributed by atoms with Crippen molar-refractivity contribution in [3.8, 4) is 11.4 Å². The second-order valence-electron chi connectivity index (χ2n) is 6.18. The molecular weight excluding hydrogens is 425 g/mol. The lowest BCUT2D eigenvalue weighted by atomic mass is 10.1. The Morgan fingerprint density at radius 1 is 1.00 bits per heavy atom. The molecule has 0 N–H and O–H groups in total. The van der Waals surface area contributed by atoms with Gasteiger partial charge in [-0.3, -0.25) is 9.59 Å². The first-order chi connectivity index (χ1) is 14.2. The van der Waals surface area contributed by atoms with Crippen LogP contribution < -0.4 is 0 Å². The molecule has 10 heteroatoms. The third kappa shape index (κ3) is 5.66. The van der Waals surface area contributed by atoms with Crippen molar-refractivity contribution in [2.45, 2.75) is 25.6 Å². The summed E-state index contributed by atoms with van der Waals surface area (Å²) < 4.78 is 47.7. The van der Waals surface area contributed by atoms with E-state index in [1.165, 1.54) is 12.1 Å². The lowest BCUT2D eigenvalue weighted by Gasteiger charge is -2.05. The number of ketones is 1. The van der Waals surface area contributed by atoms with Crippen LogP contribution in [0.4, 0.5) is 13.2 Å². The van der Waals surface area contributed by atoms with Crippen molar-refractivity contribution >= 4 is 23.4 Å². The standard InChI is InChI=1S/C20H14ClF3N2O4/c21-15-7-3-12(4-8-15)16(27)9-10-18(28)29-11-17-25-19(26-30-17)13-1-5-14(6-2-13)20(22,23)24/h1-8H,9-11H2. The van der Waals surface area contributed by atoms with Crippen LogP contribution >= 0.6 is 11.6 Å². The molecule has 0 bridgehead atoms. The fourth-order valence-electron chi connectivity index (χ4n) is 2.45. The molecule has 0 fully saturated rings. The van der Waals surface area contributed by atoms with E-state index in [1.807, 2.05) is 0 Å². The number of hydrogen-bond donors (Lipinski definition) is 0. The highest BCUT2D eigenvalue weighted by atomic mass is 35.5. The van der Waals surface area contributed by atoms with Gasteiger partial charge in [-0.25, -0.2) is 0 Å². The van der Waals surface area contributed by atoms with Gasteiger partial charge in [-0.05, 0) is 36.4 Å². The summed E-state index contributed by atoms with van der Waals surface area (Å²) in [6.45, 7) is -0.318. The van der Waals surface area contributed by atoms with Crippen molar-refractivity contribution < 1.29 is 32.0 Å². The predicted molar refractivity (Wildman–Crippen MR) is 99.5 cm³/mol. The van der Waals surface area contributed by atoms with E-state index >= 15 is 0 Å². The van der Waals surface area contributed by atoms with Gasteiger partial charge in [-0.2, -0.15) is 18.2 Å². The molecule has 6 nitrogen and oxygen atoms in total. The Morgan fingerprint density at radius 3 is 2.30 bits per heavy atom. The molecule has 0 unspecified atom stereocenters. The summed E-state index contributed by atoms with van der Waals surface area (Å²) >= 11 is 5.76. The Kier molecular flexibility index (Phi) is 6.51. The summed E-state index contributed by atoms with van der Waals surface area (Å²) in [7, 11) is 0. The van der Waals surface area contributed by atoms with E-state index in [0.717, 1.165) is 12.1 Å². The average Bonchev–Trinajstić information content (AvgIpc) is 3.19. The number of rotatable bonds is 7. The Labute approximate surface area is 173 Å². The van der Waals surface area contributed by atoms with E-state index in [1.54, 1.807) is 24.3 Å². The minimum atomic E-state index is -4.44. The van der Waals surface area contributed by atoms with Crippen LogP contribution in [0.2, 0.25) is 5.02 Å². The topological polar surface area (TPSA) is 82.3 Å². The number of esters is 1. The number of aromatic nitrogens is 2. The molecule has 1 heterocycles. The second kappa shape index (κ2) is 9.08. The Morgan fingerprint density at radius 2 is 1.67 bits per heavy atom. The monoisotopic (exact) mass is 438 g/mol. The highest BCUT2D eigenvalue weighted by Gasteiger charge is 2.30. The van der Waals surface area contributed by atoms with Crippen molar-refractivity contribution in [3.63, 3.8) is 0 Å². The fraction of sp³-hybridized carbons (Fsp3) is 0.200. The number of carbonyl (C=O) groups excluding carboxylic acids is 2. The minimum absolute atomic E-state index is 0.0257. The number of ether oxygens (including phenoxy) is 1. The van der Waals surface area contributed by atoms with Gasteiger partial charge in [0.05, 0.1) is 12.0 Å². The second-order valence-corrected chi connectivity index (χ2v) is 6.61. The molecule has 3 rings (SSSR count). The number of benzene rings is 2. The zero-order valence-electron chi connectivity index (χ0n) is 15.3. The number of hydrogen-bond acceptors (Lipinski definition) is 6. The first-order valence-electron chi connectivity index (χ1n) is 8.67. The fourth-order valence-corrected chi connectivity index (χ4v) is 2.58. The van der Waals surface area contributed by atoms with Gasteiger partial charge in [0.25, 0.3) is 5.89 Å². The summed E-state index contributed by atoms with van der Waals surface area (Å²) in [6.07, 6.45) is -4.62. The Balaban J connectivity index is 1.49. The molecule has 2 aromatic carbocycles. The van der Waals surface area contributed by atoms with E-state index in [4.69, 9.17) is 20.9 Å². The largest absolute Gasteiger partial charge is 0.456 e. The average molecular weight is 439 g/mol. The molecule has 0 saturated heterocycles. The normalized spacial score (nSPS) is 11.3. The third-order valence-corrected chi connectivity index (χ3v) is 4.27. The molecule has 0 radical (unpaired) electrons. The summed E-state index contributed by atoms with van der Waals surface area (Å²) in [5.41, 5.74) is -0.0415. The molecular formula is C20H14ClF3N2O4. The molecule has 0 aliphatic rings. The molecule has 30 heavy (non-hydrogen) atoms. The number of halogens is 4. The van der Waals surface area contributed by atoms with E-state index in [9.17, 15) is 22.8 Å². The lowest BCUT2D eigenvalue weighted by molar-refractivity contribution is -0.145. The molecule has 0 aliphatic carbocycles. The van der Waals surface area contributed by atoms with Crippen molar-refractivity contribution in [1.29, 1.82) is 0 Å². The maximum atomic E-state index is 12.6. The van der Waals surface area contributed by atoms with Crippen LogP contribution in [-0.2, 0) is 22.3 Å². The molecule has 0 saturated carbocycles. The van der Waals surface area contributed by atoms with Crippen LogP contribution in [-0.4, -0.2) is 21.9 Å². The summed E-state index contributed by atoms with van der Waals surface area (Å²) in [4.78, 5) is 27.8. The molecule has 3 aromatic rings. The van der Waals surface area contributed by atoms with Gasteiger partial charge in [0.15, 0.2) is 12.4 Å². The number of Topliss-reactive ketones (excluding diaryl/α,β-unsaturated/α-hetero) is 1. The van der Waals surface area contributed by atoms with Crippen LogP contribution in [0.3, 0.4) is 0 Å². The van der Waals surface area contributed by atoms with Crippen LogP contribution in [0.25, 0.3) is 11.4 Å². The maximum absolute atomic E-state index is 12.6. The van der Waals surface area contributed by atoms with E-state index in [2.05, 4.69) is 10.1 Å². The van der Waals surface area contributed by atoms with E-state index < -0.39 is 17.7 Å². The van der Waals surface area contributed by atoms with Gasteiger partial charge in [-0.15, -0.1) is 0 Å². The smallest absolute Gasteiger partial charge is 0.416 e. The van der Waals surface area contributed by atoms with Gasteiger partial charge in [0, 0.05) is 22.6 Å². The Hall–Kier alpha value is -3.20. The lowest BCUT2D eigenvalue weighted by Crippen LogP contribution is -2.08. The third-order valence-electron chi connectivity index (χ3n) is 4.02. The van der Waals surface area contributed by atoms with Crippen LogP contribution in [0.5, 0.6) is 0 Å².